The highest BCUT2D eigenvalue weighted by Crippen LogP contribution is 2.22. The van der Waals surface area contributed by atoms with Crippen LogP contribution in [0.3, 0.4) is 0 Å². The van der Waals surface area contributed by atoms with Gasteiger partial charge in [0.15, 0.2) is 5.78 Å². The number of ketones is 1. The molecule has 0 radical (unpaired) electrons. The molecule has 1 aromatic carbocycles. The zero-order chi connectivity index (χ0) is 13.0. The van der Waals surface area contributed by atoms with Gasteiger partial charge in [0.2, 0.25) is 0 Å². The summed E-state index contributed by atoms with van der Waals surface area (Å²) in [6, 6.07) is 3.86. The molecule has 1 rings (SSSR count). The van der Waals surface area contributed by atoms with Crippen LogP contribution in [0.4, 0.5) is 0 Å². The van der Waals surface area contributed by atoms with Crippen molar-refractivity contribution in [3.8, 4) is 0 Å². The van der Waals surface area contributed by atoms with Gasteiger partial charge in [-0.2, -0.15) is 0 Å². The number of hydrogen-bond acceptors (Lipinski definition) is 2. The average Bonchev–Trinajstić information content (AvgIpc) is 2.29. The quantitative estimate of drug-likeness (QED) is 0.804. The van der Waals surface area contributed by atoms with Crippen LogP contribution in [0.25, 0.3) is 0 Å². The van der Waals surface area contributed by atoms with E-state index in [-0.39, 0.29) is 5.78 Å². The third-order valence-electron chi connectivity index (χ3n) is 3.13. The van der Waals surface area contributed by atoms with Crippen LogP contribution in [0.2, 0.25) is 5.02 Å². The fraction of sp³-hybridized carbons (Fsp3) is 0.500. The summed E-state index contributed by atoms with van der Waals surface area (Å²) in [5, 5.41) is 0.738. The molecule has 0 aliphatic heterocycles. The van der Waals surface area contributed by atoms with E-state index < -0.39 is 0 Å². The van der Waals surface area contributed by atoms with E-state index in [1.807, 2.05) is 44.9 Å². The molecule has 0 unspecified atom stereocenters. The molecule has 17 heavy (non-hydrogen) atoms. The number of rotatable bonds is 5. The summed E-state index contributed by atoms with van der Waals surface area (Å²) in [5.74, 6) is 0.239. The number of hydrogen-bond donors (Lipinski definition) is 0. The van der Waals surface area contributed by atoms with E-state index in [1.165, 1.54) is 0 Å². The highest BCUT2D eigenvalue weighted by atomic mass is 35.5. The van der Waals surface area contributed by atoms with Crippen molar-refractivity contribution in [3.05, 3.63) is 33.8 Å². The van der Waals surface area contributed by atoms with Crippen LogP contribution >= 0.6 is 11.6 Å². The van der Waals surface area contributed by atoms with Crippen LogP contribution in [0.1, 0.15) is 23.6 Å². The molecular formula is C14H20ClNO. The molecule has 94 valence electrons. The predicted molar refractivity (Wildman–Crippen MR) is 72.8 cm³/mol. The molecule has 0 bridgehead atoms. The maximum Gasteiger partial charge on any atom is 0.151 e. The van der Waals surface area contributed by atoms with E-state index >= 15 is 0 Å². The normalized spacial score (nSPS) is 10.9. The van der Waals surface area contributed by atoms with Crippen molar-refractivity contribution in [1.29, 1.82) is 0 Å². The van der Waals surface area contributed by atoms with Crippen molar-refractivity contribution in [1.82, 2.24) is 4.90 Å². The van der Waals surface area contributed by atoms with E-state index in [0.29, 0.717) is 13.0 Å². The Morgan fingerprint density at radius 2 is 2.00 bits per heavy atom. The fourth-order valence-corrected chi connectivity index (χ4v) is 1.98. The molecule has 3 heteroatoms. The van der Waals surface area contributed by atoms with Crippen molar-refractivity contribution in [2.75, 3.05) is 20.1 Å². The molecule has 0 fully saturated rings. The maximum atomic E-state index is 11.9. The first-order chi connectivity index (χ1) is 7.95. The van der Waals surface area contributed by atoms with Crippen LogP contribution in [-0.4, -0.2) is 30.8 Å². The number of halogens is 1. The van der Waals surface area contributed by atoms with Crippen LogP contribution in [0.5, 0.6) is 0 Å². The first-order valence-corrected chi connectivity index (χ1v) is 6.28. The van der Waals surface area contributed by atoms with Gasteiger partial charge in [-0.1, -0.05) is 24.6 Å². The Kier molecular flexibility index (Phi) is 5.16. The Labute approximate surface area is 109 Å². The van der Waals surface area contributed by atoms with Gasteiger partial charge in [-0.15, -0.1) is 0 Å². The largest absolute Gasteiger partial charge is 0.299 e. The second-order valence-electron chi connectivity index (χ2n) is 4.51. The van der Waals surface area contributed by atoms with Crippen LogP contribution in [-0.2, 0) is 11.2 Å². The number of nitrogens with zero attached hydrogens (tertiary/aromatic N) is 1. The van der Waals surface area contributed by atoms with Gasteiger partial charge in [0.25, 0.3) is 0 Å². The molecular weight excluding hydrogens is 234 g/mol. The molecule has 0 heterocycles. The first-order valence-electron chi connectivity index (χ1n) is 5.90. The third kappa shape index (κ3) is 3.83. The second-order valence-corrected chi connectivity index (χ2v) is 4.92. The number of carbonyl (C=O) groups is 1. The van der Waals surface area contributed by atoms with Crippen LogP contribution in [0.15, 0.2) is 12.1 Å². The topological polar surface area (TPSA) is 20.3 Å². The molecule has 0 aromatic heterocycles. The van der Waals surface area contributed by atoms with Gasteiger partial charge in [-0.3, -0.25) is 9.69 Å². The van der Waals surface area contributed by atoms with Crippen molar-refractivity contribution in [2.45, 2.75) is 27.2 Å². The zero-order valence-electron chi connectivity index (χ0n) is 11.0. The lowest BCUT2D eigenvalue weighted by molar-refractivity contribution is -0.119. The smallest absolute Gasteiger partial charge is 0.151 e. The Balaban J connectivity index is 2.81. The number of likely N-dealkylation sites (N-methyl/N-ethyl adjacent to an activating group) is 1. The molecule has 0 amide bonds. The summed E-state index contributed by atoms with van der Waals surface area (Å²) in [7, 11) is 1.95. The van der Waals surface area contributed by atoms with E-state index in [4.69, 9.17) is 11.6 Å². The van der Waals surface area contributed by atoms with Crippen molar-refractivity contribution < 1.29 is 4.79 Å². The lowest BCUT2D eigenvalue weighted by Gasteiger charge is -2.15. The highest BCUT2D eigenvalue weighted by molar-refractivity contribution is 6.31. The highest BCUT2D eigenvalue weighted by Gasteiger charge is 2.12. The summed E-state index contributed by atoms with van der Waals surface area (Å²) in [5.41, 5.74) is 3.24. The van der Waals surface area contributed by atoms with E-state index in [9.17, 15) is 4.79 Å². The number of benzene rings is 1. The SMILES string of the molecule is CCN(C)CC(=O)Cc1c(C)ccc(Cl)c1C. The minimum Gasteiger partial charge on any atom is -0.299 e. The summed E-state index contributed by atoms with van der Waals surface area (Å²) in [4.78, 5) is 13.9. The van der Waals surface area contributed by atoms with E-state index in [2.05, 4.69) is 0 Å². The number of carbonyl (C=O) groups excluding carboxylic acids is 1. The van der Waals surface area contributed by atoms with Crippen LogP contribution in [0, 0.1) is 13.8 Å². The lowest BCUT2D eigenvalue weighted by Crippen LogP contribution is -2.27. The van der Waals surface area contributed by atoms with Gasteiger partial charge in [0.1, 0.15) is 0 Å². The molecule has 2 nitrogen and oxygen atoms in total. The van der Waals surface area contributed by atoms with Gasteiger partial charge >= 0.3 is 0 Å². The Hall–Kier alpha value is -0.860. The lowest BCUT2D eigenvalue weighted by atomic mass is 9.98. The summed E-state index contributed by atoms with van der Waals surface area (Å²) < 4.78 is 0. The van der Waals surface area contributed by atoms with Crippen LogP contribution < -0.4 is 0 Å². The van der Waals surface area contributed by atoms with Gasteiger partial charge in [-0.05, 0) is 50.2 Å². The van der Waals surface area contributed by atoms with Gasteiger partial charge in [0.05, 0.1) is 6.54 Å². The number of aryl methyl sites for hydroxylation is 1. The predicted octanol–water partition coefficient (Wildman–Crippen LogP) is 3.02. The van der Waals surface area contributed by atoms with Gasteiger partial charge < -0.3 is 0 Å². The monoisotopic (exact) mass is 253 g/mol. The van der Waals surface area contributed by atoms with Gasteiger partial charge in [0, 0.05) is 11.4 Å². The minimum absolute atomic E-state index is 0.239. The minimum atomic E-state index is 0.239. The maximum absolute atomic E-state index is 11.9. The first kappa shape index (κ1) is 14.2. The molecule has 0 N–H and O–H groups in total. The summed E-state index contributed by atoms with van der Waals surface area (Å²) >= 11 is 6.08. The number of Topliss-reactive ketones (excluding diaryl/α,β-unsaturated/α-hetero) is 1. The van der Waals surface area contributed by atoms with Crippen molar-refractivity contribution >= 4 is 17.4 Å². The molecule has 0 atom stereocenters. The molecule has 1 aromatic rings. The Bertz CT molecular complexity index is 415. The molecule has 0 aliphatic rings. The standard InChI is InChI=1S/C14H20ClNO/c1-5-16(4)9-12(17)8-13-10(2)6-7-14(15)11(13)3/h6-7H,5,8-9H2,1-4H3. The third-order valence-corrected chi connectivity index (χ3v) is 3.54. The Morgan fingerprint density at radius 1 is 1.35 bits per heavy atom. The van der Waals surface area contributed by atoms with E-state index in [1.54, 1.807) is 0 Å². The Morgan fingerprint density at radius 3 is 2.59 bits per heavy atom. The van der Waals surface area contributed by atoms with Crippen molar-refractivity contribution in [3.63, 3.8) is 0 Å². The molecule has 0 saturated heterocycles. The molecule has 0 aliphatic carbocycles. The van der Waals surface area contributed by atoms with Crippen molar-refractivity contribution in [2.24, 2.45) is 0 Å². The second kappa shape index (κ2) is 6.18. The zero-order valence-corrected chi connectivity index (χ0v) is 11.8. The van der Waals surface area contributed by atoms with Gasteiger partial charge in [-0.25, -0.2) is 0 Å². The summed E-state index contributed by atoms with van der Waals surface area (Å²) in [6.45, 7) is 7.43. The average molecular weight is 254 g/mol. The molecule has 0 saturated carbocycles. The molecule has 0 spiro atoms. The fourth-order valence-electron chi connectivity index (χ4n) is 1.80. The summed E-state index contributed by atoms with van der Waals surface area (Å²) in [6.07, 6.45) is 0.475. The van der Waals surface area contributed by atoms with E-state index in [0.717, 1.165) is 28.3 Å².